The minimum Gasteiger partial charge on any atom is -0.481 e. The number of rotatable bonds is 11. The van der Waals surface area contributed by atoms with Crippen molar-refractivity contribution < 1.29 is 44.1 Å². The number of benzene rings is 1. The molecule has 13 nitrogen and oxygen atoms in total. The zero-order valence-corrected chi connectivity index (χ0v) is 21.0. The molecule has 1 aromatic carbocycles. The van der Waals surface area contributed by atoms with Gasteiger partial charge in [-0.05, 0) is 29.3 Å². The number of aromatic nitrogens is 3. The van der Waals surface area contributed by atoms with Crippen molar-refractivity contribution >= 4 is 23.7 Å². The molecule has 40 heavy (non-hydrogen) atoms. The molecule has 4 rings (SSSR count). The Hall–Kier alpha value is -5.30. The molecule has 0 amide bonds. The average molecular weight is 551 g/mol. The van der Waals surface area contributed by atoms with Gasteiger partial charge in [0.1, 0.15) is 12.4 Å². The van der Waals surface area contributed by atoms with Crippen LogP contribution in [0, 0.1) is 0 Å². The molecule has 6 N–H and O–H groups in total. The average Bonchev–Trinajstić information content (AvgIpc) is 3.36. The van der Waals surface area contributed by atoms with Crippen LogP contribution in [-0.4, -0.2) is 59.1 Å². The Balaban J connectivity index is 0.000000289. The lowest BCUT2D eigenvalue weighted by Gasteiger charge is -2.18. The standard InChI is InChI=1S/C21H18N4O2.C6H8O7/c22-21-18(4-3-11-24-21)19-13-17(25-27-19)12-15-6-8-16(9-7-15)14-26-20-5-1-2-10-23-20;7-3(8)1-6(13,5(11)12)2-4(9)10/h1-11,13H,12,14H2,(H2,22,24);13H,1-2H2,(H,7,8)(H,9,10)(H,11,12). The molecule has 0 saturated carbocycles. The lowest BCUT2D eigenvalue weighted by Crippen LogP contribution is -2.42. The second-order valence-corrected chi connectivity index (χ2v) is 8.55. The highest BCUT2D eigenvalue weighted by atomic mass is 16.5. The van der Waals surface area contributed by atoms with Crippen molar-refractivity contribution in [3.05, 3.63) is 89.9 Å². The number of pyridine rings is 2. The van der Waals surface area contributed by atoms with E-state index in [1.54, 1.807) is 12.4 Å². The largest absolute Gasteiger partial charge is 0.481 e. The van der Waals surface area contributed by atoms with Gasteiger partial charge in [0.2, 0.25) is 5.88 Å². The molecule has 13 heteroatoms. The van der Waals surface area contributed by atoms with Gasteiger partial charge in [0.25, 0.3) is 0 Å². The van der Waals surface area contributed by atoms with E-state index in [0.29, 0.717) is 30.5 Å². The van der Waals surface area contributed by atoms with E-state index < -0.39 is 36.4 Å². The van der Waals surface area contributed by atoms with Gasteiger partial charge in [-0.15, -0.1) is 0 Å². The Kier molecular flexibility index (Phi) is 9.86. The van der Waals surface area contributed by atoms with Crippen LogP contribution in [0.2, 0.25) is 0 Å². The van der Waals surface area contributed by atoms with Crippen molar-refractivity contribution in [3.8, 4) is 17.2 Å². The summed E-state index contributed by atoms with van der Waals surface area (Å²) in [6.45, 7) is 0.478. The predicted molar refractivity (Wildman–Crippen MR) is 139 cm³/mol. The summed E-state index contributed by atoms with van der Waals surface area (Å²) in [5.41, 5.74) is 6.95. The fraction of sp³-hybridized carbons (Fsp3) is 0.185. The second kappa shape index (κ2) is 13.5. The first-order valence-electron chi connectivity index (χ1n) is 11.7. The van der Waals surface area contributed by atoms with Crippen LogP contribution in [0.15, 0.2) is 77.6 Å². The minimum atomic E-state index is -2.74. The van der Waals surface area contributed by atoms with E-state index in [2.05, 4.69) is 27.3 Å². The van der Waals surface area contributed by atoms with Crippen LogP contribution in [0.4, 0.5) is 5.82 Å². The van der Waals surface area contributed by atoms with Crippen LogP contribution < -0.4 is 10.5 Å². The Bertz CT molecular complexity index is 1420. The van der Waals surface area contributed by atoms with Crippen LogP contribution in [-0.2, 0) is 27.4 Å². The quantitative estimate of drug-likeness (QED) is 0.181. The zero-order valence-electron chi connectivity index (χ0n) is 21.0. The fourth-order valence-electron chi connectivity index (χ4n) is 3.41. The number of nitrogens with zero attached hydrogens (tertiary/aromatic N) is 3. The summed E-state index contributed by atoms with van der Waals surface area (Å²) < 4.78 is 11.1. The predicted octanol–water partition coefficient (Wildman–Crippen LogP) is 2.64. The Labute approximate surface area is 227 Å². The normalized spacial score (nSPS) is 10.7. The van der Waals surface area contributed by atoms with Crippen LogP contribution in [0.3, 0.4) is 0 Å². The Morgan fingerprint density at radius 2 is 1.52 bits per heavy atom. The highest BCUT2D eigenvalue weighted by molar-refractivity contribution is 5.88. The number of anilines is 1. The van der Waals surface area contributed by atoms with E-state index >= 15 is 0 Å². The molecule has 0 radical (unpaired) electrons. The van der Waals surface area contributed by atoms with E-state index in [-0.39, 0.29) is 0 Å². The molecule has 0 bridgehead atoms. The van der Waals surface area contributed by atoms with Crippen LogP contribution in [0.25, 0.3) is 11.3 Å². The number of hydrogen-bond donors (Lipinski definition) is 5. The third-order valence-corrected chi connectivity index (χ3v) is 5.38. The maximum Gasteiger partial charge on any atom is 0.336 e. The summed E-state index contributed by atoms with van der Waals surface area (Å²) in [7, 11) is 0. The summed E-state index contributed by atoms with van der Waals surface area (Å²) in [5.74, 6) is -3.35. The smallest absolute Gasteiger partial charge is 0.336 e. The number of aliphatic hydroxyl groups is 1. The van der Waals surface area contributed by atoms with Crippen LogP contribution in [0.5, 0.6) is 5.88 Å². The molecule has 0 atom stereocenters. The molecule has 3 aromatic heterocycles. The molecule has 208 valence electrons. The van der Waals surface area contributed by atoms with Gasteiger partial charge < -0.3 is 35.4 Å². The highest BCUT2D eigenvalue weighted by Crippen LogP contribution is 2.25. The second-order valence-electron chi connectivity index (χ2n) is 8.55. The van der Waals surface area contributed by atoms with Gasteiger partial charge in [-0.25, -0.2) is 14.8 Å². The summed E-state index contributed by atoms with van der Waals surface area (Å²) >= 11 is 0. The highest BCUT2D eigenvalue weighted by Gasteiger charge is 2.40. The van der Waals surface area contributed by atoms with Gasteiger partial charge >= 0.3 is 17.9 Å². The molecule has 0 saturated heterocycles. The Morgan fingerprint density at radius 3 is 2.10 bits per heavy atom. The number of ether oxygens (including phenoxy) is 1. The summed E-state index contributed by atoms with van der Waals surface area (Å²) in [5, 5.41) is 37.9. The van der Waals surface area contributed by atoms with Crippen LogP contribution >= 0.6 is 0 Å². The van der Waals surface area contributed by atoms with Gasteiger partial charge in [-0.3, -0.25) is 9.59 Å². The van der Waals surface area contributed by atoms with E-state index in [0.717, 1.165) is 22.4 Å². The van der Waals surface area contributed by atoms with Crippen molar-refractivity contribution in [2.24, 2.45) is 0 Å². The van der Waals surface area contributed by atoms with Gasteiger partial charge in [-0.2, -0.15) is 0 Å². The molecular weight excluding hydrogens is 524 g/mol. The SMILES string of the molecule is Nc1ncccc1-c1cc(Cc2ccc(COc3ccccn3)cc2)no1.O=C(O)CC(O)(CC(=O)O)C(=O)O. The fourth-order valence-corrected chi connectivity index (χ4v) is 3.41. The third-order valence-electron chi connectivity index (χ3n) is 5.38. The minimum absolute atomic E-state index is 0.428. The topological polar surface area (TPSA) is 219 Å². The first-order valence-corrected chi connectivity index (χ1v) is 11.7. The monoisotopic (exact) mass is 550 g/mol. The summed E-state index contributed by atoms with van der Waals surface area (Å²) in [6, 6.07) is 19.4. The number of nitrogens with two attached hydrogens (primary N) is 1. The molecule has 0 fully saturated rings. The van der Waals surface area contributed by atoms with E-state index in [1.165, 1.54) is 0 Å². The molecular formula is C27H26N4O9. The van der Waals surface area contributed by atoms with Gasteiger partial charge in [0.15, 0.2) is 11.4 Å². The van der Waals surface area contributed by atoms with E-state index in [4.69, 9.17) is 35.4 Å². The van der Waals surface area contributed by atoms with Crippen molar-refractivity contribution in [3.63, 3.8) is 0 Å². The van der Waals surface area contributed by atoms with Crippen molar-refractivity contribution in [1.82, 2.24) is 15.1 Å². The maximum atomic E-state index is 10.3. The summed E-state index contributed by atoms with van der Waals surface area (Å²) in [4.78, 5) is 38.7. The van der Waals surface area contributed by atoms with Gasteiger partial charge in [0, 0.05) is 30.9 Å². The molecule has 0 aliphatic carbocycles. The molecule has 4 aromatic rings. The van der Waals surface area contributed by atoms with Crippen molar-refractivity contribution in [2.45, 2.75) is 31.5 Å². The van der Waals surface area contributed by atoms with E-state index in [1.807, 2.05) is 48.5 Å². The molecule has 0 aliphatic rings. The third kappa shape index (κ3) is 8.63. The van der Waals surface area contributed by atoms with Crippen molar-refractivity contribution in [2.75, 3.05) is 5.73 Å². The maximum absolute atomic E-state index is 10.3. The lowest BCUT2D eigenvalue weighted by molar-refractivity contribution is -0.170. The number of carbonyl (C=O) groups is 3. The zero-order chi connectivity index (χ0) is 29.1. The number of carboxylic acid groups (broad SMARTS) is 3. The summed E-state index contributed by atoms with van der Waals surface area (Å²) in [6.07, 6.45) is 1.74. The molecule has 0 unspecified atom stereocenters. The van der Waals surface area contributed by atoms with Crippen molar-refractivity contribution in [1.29, 1.82) is 0 Å². The van der Waals surface area contributed by atoms with Gasteiger partial charge in [0.05, 0.1) is 24.1 Å². The molecule has 0 aliphatic heterocycles. The first-order chi connectivity index (χ1) is 19.1. The Morgan fingerprint density at radius 1 is 0.875 bits per heavy atom. The molecule has 0 spiro atoms. The van der Waals surface area contributed by atoms with Gasteiger partial charge in [-0.1, -0.05) is 35.5 Å². The lowest BCUT2D eigenvalue weighted by atomic mass is 9.96. The number of carboxylic acids is 3. The molecule has 3 heterocycles. The number of nitrogen functional groups attached to an aromatic ring is 1. The van der Waals surface area contributed by atoms with E-state index in [9.17, 15) is 14.4 Å². The van der Waals surface area contributed by atoms with Crippen LogP contribution in [0.1, 0.15) is 29.7 Å². The number of aliphatic carboxylic acids is 3. The number of hydrogen-bond acceptors (Lipinski definition) is 10. The first kappa shape index (κ1) is 29.3.